The zero-order valence-corrected chi connectivity index (χ0v) is 21.0. The van der Waals surface area contributed by atoms with E-state index in [2.05, 4.69) is 40.7 Å². The van der Waals surface area contributed by atoms with E-state index in [0.29, 0.717) is 13.1 Å². The molecule has 2 amide bonds. The normalized spacial score (nSPS) is 23.7. The molecule has 1 aliphatic carbocycles. The van der Waals surface area contributed by atoms with Crippen molar-refractivity contribution in [3.05, 3.63) is 28.2 Å². The Bertz CT molecular complexity index is 1120. The van der Waals surface area contributed by atoms with Gasteiger partial charge in [-0.1, -0.05) is 20.8 Å². The Balaban J connectivity index is 0.926. The van der Waals surface area contributed by atoms with E-state index in [4.69, 9.17) is 0 Å². The van der Waals surface area contributed by atoms with Crippen molar-refractivity contribution in [1.82, 2.24) is 34.4 Å². The van der Waals surface area contributed by atoms with E-state index in [0.717, 1.165) is 45.6 Å². The van der Waals surface area contributed by atoms with E-state index in [1.165, 1.54) is 20.9 Å². The third kappa shape index (κ3) is 4.02. The molecule has 0 bridgehead atoms. The second kappa shape index (κ2) is 7.41. The highest BCUT2D eigenvalue weighted by Gasteiger charge is 2.58. The van der Waals surface area contributed by atoms with Crippen molar-refractivity contribution < 1.29 is 18.0 Å². The van der Waals surface area contributed by atoms with Crippen LogP contribution in [-0.2, 0) is 18.1 Å². The molecule has 1 saturated carbocycles. The number of hydrogen-bond acceptors (Lipinski definition) is 6. The van der Waals surface area contributed by atoms with Crippen molar-refractivity contribution in [2.75, 3.05) is 39.3 Å². The largest absolute Gasteiger partial charge is 0.453 e. The van der Waals surface area contributed by atoms with E-state index in [1.807, 2.05) is 16.0 Å². The predicted octanol–water partition coefficient (Wildman–Crippen LogP) is 3.63. The van der Waals surface area contributed by atoms with Crippen LogP contribution in [0.15, 0.2) is 12.5 Å². The van der Waals surface area contributed by atoms with Gasteiger partial charge in [-0.25, -0.2) is 19.4 Å². The molecule has 2 spiro atoms. The van der Waals surface area contributed by atoms with Gasteiger partial charge in [-0.3, -0.25) is 4.90 Å². The lowest BCUT2D eigenvalue weighted by molar-refractivity contribution is -0.145. The SMILES string of the molecule is CC(C)(C)c1ncc(CN2CC3(C2)CN(C(=O)N2CC4(CC(n5cnc(C(F)(F)F)n5)C4)C2)C3)s1. The van der Waals surface area contributed by atoms with Crippen LogP contribution in [0.2, 0.25) is 0 Å². The molecule has 0 atom stereocenters. The standard InChI is InChI=1S/C23H30F3N7OS/c1-20(2,3)18-27-6-16(35-18)7-30-8-22(9-30)12-32(13-22)19(34)31-10-21(11-31)4-15(5-21)33-14-28-17(29-33)23(24,25)26/h6,14-15H,4-5,7-13H2,1-3H3. The van der Waals surface area contributed by atoms with Gasteiger partial charge in [-0.2, -0.15) is 13.2 Å². The number of hydrogen-bond donors (Lipinski definition) is 0. The first-order valence-electron chi connectivity index (χ1n) is 12.0. The topological polar surface area (TPSA) is 70.4 Å². The van der Waals surface area contributed by atoms with Gasteiger partial charge in [-0.05, 0) is 12.8 Å². The van der Waals surface area contributed by atoms with Crippen molar-refractivity contribution in [1.29, 1.82) is 0 Å². The van der Waals surface area contributed by atoms with Crippen LogP contribution >= 0.6 is 11.3 Å². The second-order valence-electron chi connectivity index (χ2n) is 12.1. The van der Waals surface area contributed by atoms with Crippen molar-refractivity contribution in [3.8, 4) is 0 Å². The lowest BCUT2D eigenvalue weighted by atomic mass is 9.60. The average molecular weight is 510 g/mol. The molecule has 3 saturated heterocycles. The molecule has 0 unspecified atom stereocenters. The highest BCUT2D eigenvalue weighted by Crippen LogP contribution is 2.54. The average Bonchev–Trinajstić information content (AvgIpc) is 3.29. The third-order valence-corrected chi connectivity index (χ3v) is 9.22. The van der Waals surface area contributed by atoms with E-state index in [9.17, 15) is 18.0 Å². The lowest BCUT2D eigenvalue weighted by Gasteiger charge is -2.63. The summed E-state index contributed by atoms with van der Waals surface area (Å²) >= 11 is 1.79. The number of carbonyl (C=O) groups is 1. The Labute approximate surface area is 206 Å². The predicted molar refractivity (Wildman–Crippen MR) is 123 cm³/mol. The fourth-order valence-electron chi connectivity index (χ4n) is 6.13. The van der Waals surface area contributed by atoms with Crippen LogP contribution in [0.5, 0.6) is 0 Å². The van der Waals surface area contributed by atoms with Crippen LogP contribution in [0.3, 0.4) is 0 Å². The number of likely N-dealkylation sites (tertiary alicyclic amines) is 3. The summed E-state index contributed by atoms with van der Waals surface area (Å²) in [5, 5.41) is 4.76. The highest BCUT2D eigenvalue weighted by molar-refractivity contribution is 7.11. The first-order chi connectivity index (χ1) is 16.3. The van der Waals surface area contributed by atoms with Crippen LogP contribution in [0.4, 0.5) is 18.0 Å². The molecular formula is C23H30F3N7OS. The third-order valence-electron chi connectivity index (χ3n) is 7.81. The molecule has 12 heteroatoms. The van der Waals surface area contributed by atoms with Crippen LogP contribution < -0.4 is 0 Å². The van der Waals surface area contributed by atoms with Crippen molar-refractivity contribution in [3.63, 3.8) is 0 Å². The number of thiazole rings is 1. The summed E-state index contributed by atoms with van der Waals surface area (Å²) in [5.41, 5.74) is 0.346. The number of carbonyl (C=O) groups excluding carboxylic acids is 1. The van der Waals surface area contributed by atoms with Crippen molar-refractivity contribution in [2.45, 2.75) is 57.8 Å². The van der Waals surface area contributed by atoms with Crippen molar-refractivity contribution in [2.24, 2.45) is 10.8 Å². The zero-order valence-electron chi connectivity index (χ0n) is 20.2. The number of nitrogens with zero attached hydrogens (tertiary/aromatic N) is 7. The molecular weight excluding hydrogens is 479 g/mol. The summed E-state index contributed by atoms with van der Waals surface area (Å²) in [6.45, 7) is 12.5. The summed E-state index contributed by atoms with van der Waals surface area (Å²) in [4.78, 5) is 28.4. The smallest absolute Gasteiger partial charge is 0.323 e. The number of rotatable bonds is 3. The molecule has 3 aliphatic heterocycles. The zero-order chi connectivity index (χ0) is 24.8. The minimum absolute atomic E-state index is 0.0289. The molecule has 190 valence electrons. The van der Waals surface area contributed by atoms with Crippen LogP contribution in [0.25, 0.3) is 0 Å². The van der Waals surface area contributed by atoms with Crippen molar-refractivity contribution >= 4 is 17.4 Å². The van der Waals surface area contributed by atoms with Crippen LogP contribution in [0, 0.1) is 10.8 Å². The number of amides is 2. The quantitative estimate of drug-likeness (QED) is 0.632. The van der Waals surface area contributed by atoms with Gasteiger partial charge >= 0.3 is 12.2 Å². The number of halogens is 3. The fourth-order valence-corrected chi connectivity index (χ4v) is 7.14. The summed E-state index contributed by atoms with van der Waals surface area (Å²) in [6.07, 6.45) is 0.128. The van der Waals surface area contributed by atoms with Gasteiger partial charge in [0, 0.05) is 73.1 Å². The number of urea groups is 1. The maximum Gasteiger partial charge on any atom is 0.453 e. The van der Waals surface area contributed by atoms with Gasteiger partial charge in [0.15, 0.2) is 0 Å². The molecule has 2 aromatic heterocycles. The molecule has 5 heterocycles. The minimum atomic E-state index is -4.52. The first-order valence-corrected chi connectivity index (χ1v) is 12.8. The Morgan fingerprint density at radius 2 is 1.66 bits per heavy atom. The van der Waals surface area contributed by atoms with E-state index in [1.54, 1.807) is 11.3 Å². The van der Waals surface area contributed by atoms with Crippen LogP contribution in [-0.4, -0.2) is 79.7 Å². The molecule has 4 aliphatic rings. The molecule has 0 N–H and O–H groups in total. The van der Waals surface area contributed by atoms with Gasteiger partial charge in [0.05, 0.1) is 11.0 Å². The van der Waals surface area contributed by atoms with Gasteiger partial charge < -0.3 is 9.80 Å². The molecule has 2 aromatic rings. The fraction of sp³-hybridized carbons (Fsp3) is 0.739. The summed E-state index contributed by atoms with van der Waals surface area (Å²) in [7, 11) is 0. The van der Waals surface area contributed by atoms with Gasteiger partial charge in [0.1, 0.15) is 6.33 Å². The highest BCUT2D eigenvalue weighted by atomic mass is 32.1. The summed E-state index contributed by atoms with van der Waals surface area (Å²) < 4.78 is 39.5. The van der Waals surface area contributed by atoms with Gasteiger partial charge in [0.25, 0.3) is 5.82 Å². The van der Waals surface area contributed by atoms with Gasteiger partial charge in [-0.15, -0.1) is 16.4 Å². The number of aromatic nitrogens is 4. The maximum absolute atomic E-state index is 12.9. The summed E-state index contributed by atoms with van der Waals surface area (Å²) in [5.74, 6) is -1.09. The Hall–Kier alpha value is -2.21. The maximum atomic E-state index is 12.9. The molecule has 8 nitrogen and oxygen atoms in total. The molecule has 6 rings (SSSR count). The Morgan fingerprint density at radius 1 is 1.03 bits per heavy atom. The monoisotopic (exact) mass is 509 g/mol. The summed E-state index contributed by atoms with van der Waals surface area (Å²) in [6, 6.07) is 0.0302. The second-order valence-corrected chi connectivity index (χ2v) is 13.2. The Morgan fingerprint density at radius 3 is 2.20 bits per heavy atom. The molecule has 4 fully saturated rings. The van der Waals surface area contributed by atoms with E-state index >= 15 is 0 Å². The van der Waals surface area contributed by atoms with Gasteiger partial charge in [0.2, 0.25) is 0 Å². The Kier molecular flexibility index (Phi) is 4.91. The molecule has 0 aromatic carbocycles. The lowest BCUT2D eigenvalue weighted by Crippen LogP contribution is -2.75. The molecule has 35 heavy (non-hydrogen) atoms. The van der Waals surface area contributed by atoms with E-state index < -0.39 is 12.0 Å². The van der Waals surface area contributed by atoms with E-state index in [-0.39, 0.29) is 28.3 Å². The molecule has 0 radical (unpaired) electrons. The first kappa shape index (κ1) is 23.2. The van der Waals surface area contributed by atoms with Crippen LogP contribution in [0.1, 0.15) is 55.4 Å². The minimum Gasteiger partial charge on any atom is -0.323 e. The number of alkyl halides is 3.